The van der Waals surface area contributed by atoms with Crippen LogP contribution in [0.1, 0.15) is 24.3 Å². The Hall–Kier alpha value is -2.06. The second kappa shape index (κ2) is 6.15. The molecule has 0 heterocycles. The number of anilines is 1. The summed E-state index contributed by atoms with van der Waals surface area (Å²) in [5, 5.41) is 3.99. The molecule has 0 spiro atoms. The monoisotopic (exact) mass is 297 g/mol. The molecule has 0 bridgehead atoms. The second-order valence-electron chi connectivity index (χ2n) is 5.29. The van der Waals surface area contributed by atoms with Crippen LogP contribution in [0.2, 0.25) is 5.02 Å². The smallest absolute Gasteiger partial charge is 0.158 e. The number of ketones is 1. The zero-order valence-electron chi connectivity index (χ0n) is 11.6. The molecule has 21 heavy (non-hydrogen) atoms. The Labute approximate surface area is 129 Å². The maximum absolute atomic E-state index is 12.0. The van der Waals surface area contributed by atoms with Crippen LogP contribution in [-0.4, -0.2) is 5.78 Å². The molecule has 0 saturated heterocycles. The van der Waals surface area contributed by atoms with Gasteiger partial charge in [-0.05, 0) is 36.1 Å². The average Bonchev–Trinajstić information content (AvgIpc) is 2.47. The first-order valence-electron chi connectivity index (χ1n) is 7.01. The van der Waals surface area contributed by atoms with Crippen LogP contribution in [0.25, 0.3) is 0 Å². The fraction of sp³-hybridized carbons (Fsp3) is 0.167. The summed E-state index contributed by atoms with van der Waals surface area (Å²) in [5.74, 6) is 0.407. The number of rotatable bonds is 3. The van der Waals surface area contributed by atoms with Crippen molar-refractivity contribution < 1.29 is 4.79 Å². The highest BCUT2D eigenvalue weighted by atomic mass is 35.5. The van der Waals surface area contributed by atoms with Gasteiger partial charge in [0.2, 0.25) is 0 Å². The molecule has 3 heteroatoms. The number of benzene rings is 2. The molecule has 2 nitrogen and oxygen atoms in total. The van der Waals surface area contributed by atoms with Gasteiger partial charge in [0.15, 0.2) is 5.78 Å². The maximum atomic E-state index is 12.0. The van der Waals surface area contributed by atoms with E-state index in [2.05, 4.69) is 17.4 Å². The molecule has 106 valence electrons. The largest absolute Gasteiger partial charge is 0.359 e. The molecule has 1 aliphatic carbocycles. The van der Waals surface area contributed by atoms with Gasteiger partial charge in [-0.3, -0.25) is 4.79 Å². The molecule has 0 aromatic heterocycles. The van der Waals surface area contributed by atoms with E-state index in [-0.39, 0.29) is 11.7 Å². The number of carbonyl (C=O) groups is 1. The lowest BCUT2D eigenvalue weighted by atomic mass is 9.85. The number of hydrogen-bond donors (Lipinski definition) is 1. The van der Waals surface area contributed by atoms with Gasteiger partial charge in [0.1, 0.15) is 0 Å². The minimum atomic E-state index is 0.166. The van der Waals surface area contributed by atoms with Crippen molar-refractivity contribution in [3.8, 4) is 0 Å². The first-order valence-corrected chi connectivity index (χ1v) is 7.39. The SMILES string of the molecule is O=C1C=C(Nc2cccc(Cl)c2)C[C@H](c2ccccc2)C1. The molecule has 1 atom stereocenters. The van der Waals surface area contributed by atoms with E-state index < -0.39 is 0 Å². The summed E-state index contributed by atoms with van der Waals surface area (Å²) in [4.78, 5) is 12.0. The summed E-state index contributed by atoms with van der Waals surface area (Å²) in [6.07, 6.45) is 3.12. The summed E-state index contributed by atoms with van der Waals surface area (Å²) in [5.41, 5.74) is 3.07. The summed E-state index contributed by atoms with van der Waals surface area (Å²) in [6, 6.07) is 17.7. The first-order chi connectivity index (χ1) is 10.2. The topological polar surface area (TPSA) is 29.1 Å². The molecule has 0 aliphatic heterocycles. The van der Waals surface area contributed by atoms with Crippen molar-refractivity contribution in [1.82, 2.24) is 0 Å². The van der Waals surface area contributed by atoms with Crippen molar-refractivity contribution in [3.05, 3.63) is 77.0 Å². The highest BCUT2D eigenvalue weighted by Crippen LogP contribution is 2.32. The summed E-state index contributed by atoms with van der Waals surface area (Å²) >= 11 is 5.99. The molecule has 0 unspecified atom stereocenters. The standard InChI is InChI=1S/C18H16ClNO/c19-15-7-4-8-16(11-15)20-17-9-14(10-18(21)12-17)13-5-2-1-3-6-13/h1-8,11-12,14,20H,9-10H2/t14-/m0/s1. The Morgan fingerprint density at radius 3 is 2.57 bits per heavy atom. The Balaban J connectivity index is 1.78. The third-order valence-corrected chi connectivity index (χ3v) is 3.88. The fourth-order valence-corrected chi connectivity index (χ4v) is 2.88. The van der Waals surface area contributed by atoms with Gasteiger partial charge >= 0.3 is 0 Å². The van der Waals surface area contributed by atoms with Crippen molar-refractivity contribution in [1.29, 1.82) is 0 Å². The van der Waals surface area contributed by atoms with E-state index in [9.17, 15) is 4.79 Å². The quantitative estimate of drug-likeness (QED) is 0.883. The van der Waals surface area contributed by atoms with Gasteiger partial charge in [0, 0.05) is 28.9 Å². The molecule has 0 amide bonds. The Morgan fingerprint density at radius 2 is 1.81 bits per heavy atom. The summed E-state index contributed by atoms with van der Waals surface area (Å²) < 4.78 is 0. The van der Waals surface area contributed by atoms with Crippen LogP contribution in [0.15, 0.2) is 66.4 Å². The molecule has 2 aromatic rings. The van der Waals surface area contributed by atoms with Crippen LogP contribution in [0.3, 0.4) is 0 Å². The van der Waals surface area contributed by atoms with E-state index in [1.54, 1.807) is 6.08 Å². The molecule has 0 saturated carbocycles. The van der Waals surface area contributed by atoms with Crippen LogP contribution in [0, 0.1) is 0 Å². The number of allylic oxidation sites excluding steroid dienone is 2. The van der Waals surface area contributed by atoms with Gasteiger partial charge in [-0.1, -0.05) is 48.0 Å². The van der Waals surface area contributed by atoms with E-state index in [1.165, 1.54) is 5.56 Å². The van der Waals surface area contributed by atoms with E-state index in [1.807, 2.05) is 42.5 Å². The summed E-state index contributed by atoms with van der Waals surface area (Å²) in [7, 11) is 0. The van der Waals surface area contributed by atoms with Gasteiger partial charge in [-0.25, -0.2) is 0 Å². The molecule has 0 fully saturated rings. The van der Waals surface area contributed by atoms with Crippen LogP contribution < -0.4 is 5.32 Å². The molecule has 0 radical (unpaired) electrons. The molecule has 1 aliphatic rings. The minimum absolute atomic E-state index is 0.166. The van der Waals surface area contributed by atoms with Gasteiger partial charge in [0.05, 0.1) is 0 Å². The third-order valence-electron chi connectivity index (χ3n) is 3.65. The Morgan fingerprint density at radius 1 is 1.00 bits per heavy atom. The van der Waals surface area contributed by atoms with E-state index in [4.69, 9.17) is 11.6 Å². The first kappa shape index (κ1) is 13.9. The molecular formula is C18H16ClNO. The van der Waals surface area contributed by atoms with Crippen molar-refractivity contribution in [2.75, 3.05) is 5.32 Å². The number of nitrogens with one attached hydrogen (secondary N) is 1. The highest BCUT2D eigenvalue weighted by molar-refractivity contribution is 6.30. The molecule has 2 aromatic carbocycles. The average molecular weight is 298 g/mol. The van der Waals surface area contributed by atoms with Crippen molar-refractivity contribution in [2.45, 2.75) is 18.8 Å². The summed E-state index contributed by atoms with van der Waals surface area (Å²) in [6.45, 7) is 0. The lowest BCUT2D eigenvalue weighted by molar-refractivity contribution is -0.115. The zero-order chi connectivity index (χ0) is 14.7. The lowest BCUT2D eigenvalue weighted by Crippen LogP contribution is -2.16. The second-order valence-corrected chi connectivity index (χ2v) is 5.72. The van der Waals surface area contributed by atoms with Gasteiger partial charge in [0.25, 0.3) is 0 Å². The minimum Gasteiger partial charge on any atom is -0.359 e. The van der Waals surface area contributed by atoms with E-state index in [0.29, 0.717) is 11.4 Å². The molecule has 3 rings (SSSR count). The van der Waals surface area contributed by atoms with Crippen molar-refractivity contribution in [3.63, 3.8) is 0 Å². The molecule has 1 N–H and O–H groups in total. The van der Waals surface area contributed by atoms with Crippen LogP contribution >= 0.6 is 11.6 Å². The predicted molar refractivity (Wildman–Crippen MR) is 86.6 cm³/mol. The van der Waals surface area contributed by atoms with Crippen molar-refractivity contribution >= 4 is 23.1 Å². The fourth-order valence-electron chi connectivity index (χ4n) is 2.69. The Kier molecular flexibility index (Phi) is 4.07. The lowest BCUT2D eigenvalue weighted by Gasteiger charge is -2.23. The zero-order valence-corrected chi connectivity index (χ0v) is 12.3. The normalized spacial score (nSPS) is 18.2. The number of halogens is 1. The molecular weight excluding hydrogens is 282 g/mol. The van der Waals surface area contributed by atoms with Gasteiger partial charge in [-0.2, -0.15) is 0 Å². The Bertz CT molecular complexity index is 679. The van der Waals surface area contributed by atoms with Crippen LogP contribution in [0.5, 0.6) is 0 Å². The maximum Gasteiger partial charge on any atom is 0.158 e. The number of hydrogen-bond acceptors (Lipinski definition) is 2. The third kappa shape index (κ3) is 3.53. The van der Waals surface area contributed by atoms with Gasteiger partial charge in [-0.15, -0.1) is 0 Å². The number of carbonyl (C=O) groups excluding carboxylic acids is 1. The predicted octanol–water partition coefficient (Wildman–Crippen LogP) is 4.78. The van der Waals surface area contributed by atoms with E-state index >= 15 is 0 Å². The highest BCUT2D eigenvalue weighted by Gasteiger charge is 2.22. The van der Waals surface area contributed by atoms with Crippen LogP contribution in [0.4, 0.5) is 5.69 Å². The van der Waals surface area contributed by atoms with Crippen LogP contribution in [-0.2, 0) is 4.79 Å². The van der Waals surface area contributed by atoms with Crippen molar-refractivity contribution in [2.24, 2.45) is 0 Å². The van der Waals surface area contributed by atoms with Gasteiger partial charge < -0.3 is 5.32 Å². The van der Waals surface area contributed by atoms with E-state index in [0.717, 1.165) is 17.8 Å².